The first-order valence-electron chi connectivity index (χ1n) is 7.04. The molecule has 19 heavy (non-hydrogen) atoms. The first kappa shape index (κ1) is 13.8. The molecule has 1 N–H and O–H groups in total. The fourth-order valence-corrected chi connectivity index (χ4v) is 2.29. The molecule has 1 aromatic carbocycles. The van der Waals surface area contributed by atoms with Crippen LogP contribution in [0.5, 0.6) is 0 Å². The fourth-order valence-electron chi connectivity index (χ4n) is 2.29. The first-order chi connectivity index (χ1) is 9.26. The maximum absolute atomic E-state index is 4.33. The third-order valence-electron chi connectivity index (χ3n) is 3.59. The third-order valence-corrected chi connectivity index (χ3v) is 3.59. The third kappa shape index (κ3) is 3.44. The second-order valence-electron chi connectivity index (χ2n) is 4.84. The van der Waals surface area contributed by atoms with Crippen molar-refractivity contribution in [1.82, 2.24) is 15.1 Å². The maximum Gasteiger partial charge on any atom is 0.0522 e. The molecule has 0 aliphatic carbocycles. The molecular formula is C16H23N3. The molecule has 0 amide bonds. The Morgan fingerprint density at radius 1 is 1.16 bits per heavy atom. The first-order valence-corrected chi connectivity index (χ1v) is 7.04. The topological polar surface area (TPSA) is 29.9 Å². The Morgan fingerprint density at radius 3 is 2.42 bits per heavy atom. The molecule has 102 valence electrons. The molecule has 2 aromatic rings. The number of hydrogen-bond donors (Lipinski definition) is 1. The second-order valence-corrected chi connectivity index (χ2v) is 4.84. The van der Waals surface area contributed by atoms with Crippen LogP contribution in [-0.4, -0.2) is 16.8 Å². The molecule has 0 saturated heterocycles. The van der Waals surface area contributed by atoms with E-state index in [0.29, 0.717) is 6.04 Å². The molecule has 3 nitrogen and oxygen atoms in total. The summed E-state index contributed by atoms with van der Waals surface area (Å²) in [6.07, 6.45) is 6.16. The highest BCUT2D eigenvalue weighted by Crippen LogP contribution is 2.18. The van der Waals surface area contributed by atoms with Gasteiger partial charge in [-0.25, -0.2) is 0 Å². The molecule has 0 radical (unpaired) electrons. The minimum atomic E-state index is 0.348. The van der Waals surface area contributed by atoms with E-state index in [9.17, 15) is 0 Å². The summed E-state index contributed by atoms with van der Waals surface area (Å²) in [6, 6.07) is 9.24. The highest BCUT2D eigenvalue weighted by atomic mass is 15.3. The Bertz CT molecular complexity index is 499. The predicted molar refractivity (Wildman–Crippen MR) is 79.2 cm³/mol. The molecule has 1 atom stereocenters. The number of hydrogen-bond acceptors (Lipinski definition) is 2. The summed E-state index contributed by atoms with van der Waals surface area (Å²) in [5, 5.41) is 7.73. The van der Waals surface area contributed by atoms with E-state index in [1.54, 1.807) is 0 Å². The largest absolute Gasteiger partial charge is 0.313 e. The number of aryl methyl sites for hydroxylation is 2. The van der Waals surface area contributed by atoms with Gasteiger partial charge in [0.05, 0.1) is 6.20 Å². The van der Waals surface area contributed by atoms with Crippen LogP contribution in [0.25, 0.3) is 0 Å². The van der Waals surface area contributed by atoms with Gasteiger partial charge in [-0.05, 0) is 43.5 Å². The maximum atomic E-state index is 4.33. The number of rotatable bonds is 6. The predicted octanol–water partition coefficient (Wildman–Crippen LogP) is 2.97. The Labute approximate surface area is 115 Å². The van der Waals surface area contributed by atoms with E-state index >= 15 is 0 Å². The average Bonchev–Trinajstić information content (AvgIpc) is 2.92. The number of likely N-dealkylation sites (N-methyl/N-ethyl adjacent to an activating group) is 1. The van der Waals surface area contributed by atoms with E-state index in [1.165, 1.54) is 16.7 Å². The van der Waals surface area contributed by atoms with E-state index in [-0.39, 0.29) is 0 Å². The minimum Gasteiger partial charge on any atom is -0.313 e. The standard InChI is InChI=1S/C16H23N3/c1-4-13-6-8-15(9-7-13)16(17-3)10-14-11-18-19(5-2)12-14/h6-9,11-12,16-17H,4-5,10H2,1-3H3. The summed E-state index contributed by atoms with van der Waals surface area (Å²) in [6.45, 7) is 5.22. The van der Waals surface area contributed by atoms with Gasteiger partial charge in [-0.1, -0.05) is 31.2 Å². The van der Waals surface area contributed by atoms with Crippen LogP contribution in [0.4, 0.5) is 0 Å². The van der Waals surface area contributed by atoms with Gasteiger partial charge in [0.2, 0.25) is 0 Å². The van der Waals surface area contributed by atoms with E-state index in [4.69, 9.17) is 0 Å². The minimum absolute atomic E-state index is 0.348. The van der Waals surface area contributed by atoms with Crippen LogP contribution in [0.3, 0.4) is 0 Å². The molecule has 2 rings (SSSR count). The lowest BCUT2D eigenvalue weighted by Gasteiger charge is -2.16. The van der Waals surface area contributed by atoms with Gasteiger partial charge in [0.25, 0.3) is 0 Å². The van der Waals surface area contributed by atoms with Gasteiger partial charge >= 0.3 is 0 Å². The quantitative estimate of drug-likeness (QED) is 0.862. The van der Waals surface area contributed by atoms with Crippen molar-refractivity contribution in [1.29, 1.82) is 0 Å². The van der Waals surface area contributed by atoms with Gasteiger partial charge in [0.1, 0.15) is 0 Å². The van der Waals surface area contributed by atoms with E-state index < -0.39 is 0 Å². The Hall–Kier alpha value is -1.61. The van der Waals surface area contributed by atoms with E-state index in [0.717, 1.165) is 19.4 Å². The lowest BCUT2D eigenvalue weighted by Crippen LogP contribution is -2.18. The normalized spacial score (nSPS) is 12.6. The van der Waals surface area contributed by atoms with Crippen molar-refractivity contribution >= 4 is 0 Å². The smallest absolute Gasteiger partial charge is 0.0522 e. The zero-order valence-corrected chi connectivity index (χ0v) is 12.1. The van der Waals surface area contributed by atoms with Gasteiger partial charge in [-0.2, -0.15) is 5.10 Å². The van der Waals surface area contributed by atoms with Gasteiger partial charge in [-0.15, -0.1) is 0 Å². The van der Waals surface area contributed by atoms with Crippen LogP contribution in [0, 0.1) is 0 Å². The molecule has 0 spiro atoms. The number of nitrogens with zero attached hydrogens (tertiary/aromatic N) is 2. The molecule has 0 aliphatic rings. The molecule has 1 unspecified atom stereocenters. The summed E-state index contributed by atoms with van der Waals surface area (Å²) in [5.41, 5.74) is 4.00. The van der Waals surface area contributed by atoms with Crippen molar-refractivity contribution in [3.63, 3.8) is 0 Å². The van der Waals surface area contributed by atoms with Crippen LogP contribution >= 0.6 is 0 Å². The van der Waals surface area contributed by atoms with Gasteiger partial charge in [0, 0.05) is 18.8 Å². The van der Waals surface area contributed by atoms with Crippen LogP contribution in [0.2, 0.25) is 0 Å². The molecule has 0 saturated carbocycles. The van der Waals surface area contributed by atoms with Crippen LogP contribution in [0.1, 0.15) is 36.6 Å². The van der Waals surface area contributed by atoms with Gasteiger partial charge < -0.3 is 5.32 Å². The van der Waals surface area contributed by atoms with Crippen molar-refractivity contribution in [3.05, 3.63) is 53.3 Å². The van der Waals surface area contributed by atoms with Crippen LogP contribution < -0.4 is 5.32 Å². The number of nitrogens with one attached hydrogen (secondary N) is 1. The van der Waals surface area contributed by atoms with Crippen molar-refractivity contribution in [2.75, 3.05) is 7.05 Å². The molecule has 1 aromatic heterocycles. The number of benzene rings is 1. The zero-order valence-electron chi connectivity index (χ0n) is 12.1. The molecule has 0 bridgehead atoms. The summed E-state index contributed by atoms with van der Waals surface area (Å²) >= 11 is 0. The summed E-state index contributed by atoms with van der Waals surface area (Å²) in [5.74, 6) is 0. The lowest BCUT2D eigenvalue weighted by atomic mass is 9.99. The summed E-state index contributed by atoms with van der Waals surface area (Å²) < 4.78 is 1.97. The van der Waals surface area contributed by atoms with E-state index in [2.05, 4.69) is 54.7 Å². The van der Waals surface area contributed by atoms with Crippen molar-refractivity contribution in [2.24, 2.45) is 0 Å². The van der Waals surface area contributed by atoms with Crippen molar-refractivity contribution in [3.8, 4) is 0 Å². The second kappa shape index (κ2) is 6.53. The number of aromatic nitrogens is 2. The molecular weight excluding hydrogens is 234 g/mol. The fraction of sp³-hybridized carbons (Fsp3) is 0.438. The van der Waals surface area contributed by atoms with Crippen molar-refractivity contribution < 1.29 is 0 Å². The van der Waals surface area contributed by atoms with Crippen LogP contribution in [-0.2, 0) is 19.4 Å². The Morgan fingerprint density at radius 2 is 1.89 bits per heavy atom. The van der Waals surface area contributed by atoms with E-state index in [1.807, 2.05) is 17.9 Å². The lowest BCUT2D eigenvalue weighted by molar-refractivity contribution is 0.590. The SMILES string of the molecule is CCc1ccc(C(Cc2cnn(CC)c2)NC)cc1. The van der Waals surface area contributed by atoms with Crippen LogP contribution in [0.15, 0.2) is 36.7 Å². The Kier molecular flexibility index (Phi) is 4.74. The van der Waals surface area contributed by atoms with Crippen molar-refractivity contribution in [2.45, 2.75) is 39.3 Å². The summed E-state index contributed by atoms with van der Waals surface area (Å²) in [4.78, 5) is 0. The Balaban J connectivity index is 2.10. The van der Waals surface area contributed by atoms with Gasteiger partial charge in [-0.3, -0.25) is 4.68 Å². The molecule has 3 heteroatoms. The summed E-state index contributed by atoms with van der Waals surface area (Å²) in [7, 11) is 2.02. The molecule has 0 aliphatic heterocycles. The monoisotopic (exact) mass is 257 g/mol. The zero-order chi connectivity index (χ0) is 13.7. The average molecular weight is 257 g/mol. The molecule has 0 fully saturated rings. The molecule has 1 heterocycles. The van der Waals surface area contributed by atoms with Gasteiger partial charge in [0.15, 0.2) is 0 Å². The highest BCUT2D eigenvalue weighted by Gasteiger charge is 2.11. The highest BCUT2D eigenvalue weighted by molar-refractivity contribution is 5.26.